The maximum atomic E-state index is 14.0. The number of alkyl carbamates (subject to hydrolysis) is 1. The summed E-state index contributed by atoms with van der Waals surface area (Å²) in [5.74, 6) is -0.189. The van der Waals surface area contributed by atoms with Crippen LogP contribution in [0.3, 0.4) is 0 Å². The second kappa shape index (κ2) is 9.75. The Labute approximate surface area is 202 Å². The van der Waals surface area contributed by atoms with Gasteiger partial charge in [0.1, 0.15) is 29.9 Å². The van der Waals surface area contributed by atoms with Crippen LogP contribution in [0.1, 0.15) is 53.5 Å². The highest BCUT2D eigenvalue weighted by Gasteiger charge is 2.37. The molecule has 3 aromatic rings. The van der Waals surface area contributed by atoms with E-state index < -0.39 is 29.0 Å². The van der Waals surface area contributed by atoms with Gasteiger partial charge in [0.15, 0.2) is 0 Å². The Kier molecular flexibility index (Phi) is 7.33. The van der Waals surface area contributed by atoms with Gasteiger partial charge >= 0.3 is 12.3 Å². The van der Waals surface area contributed by atoms with Crippen molar-refractivity contribution in [3.8, 4) is 17.0 Å². The number of ether oxygens (including phenoxy) is 2. The van der Waals surface area contributed by atoms with Crippen LogP contribution < -0.4 is 10.1 Å². The van der Waals surface area contributed by atoms with E-state index in [1.807, 2.05) is 13.8 Å². The molecular weight excluding hydrogens is 461 g/mol. The Morgan fingerprint density at radius 2 is 1.83 bits per heavy atom. The van der Waals surface area contributed by atoms with Gasteiger partial charge < -0.3 is 19.8 Å². The van der Waals surface area contributed by atoms with Crippen molar-refractivity contribution in [2.45, 2.75) is 65.3 Å². The summed E-state index contributed by atoms with van der Waals surface area (Å²) in [5, 5.41) is 3.39. The van der Waals surface area contributed by atoms with Crippen molar-refractivity contribution < 1.29 is 27.4 Å². The van der Waals surface area contributed by atoms with E-state index in [0.29, 0.717) is 23.1 Å². The molecule has 3 rings (SSSR count). The number of nitrogens with one attached hydrogen (secondary N) is 2. The number of hydrogen-bond donors (Lipinski definition) is 2. The fourth-order valence-electron chi connectivity index (χ4n) is 3.96. The van der Waals surface area contributed by atoms with Crippen LogP contribution in [0.2, 0.25) is 0 Å². The largest absolute Gasteiger partial charge is 0.491 e. The fourth-order valence-corrected chi connectivity index (χ4v) is 3.96. The molecule has 2 heterocycles. The highest BCUT2D eigenvalue weighted by molar-refractivity contribution is 5.90. The number of benzene rings is 1. The molecule has 0 aliphatic rings. The van der Waals surface area contributed by atoms with Gasteiger partial charge in [0.05, 0.1) is 16.8 Å². The molecule has 1 atom stereocenters. The molecule has 10 heteroatoms. The summed E-state index contributed by atoms with van der Waals surface area (Å²) in [6.07, 6.45) is -1.90. The van der Waals surface area contributed by atoms with Crippen LogP contribution >= 0.6 is 0 Å². The zero-order chi connectivity index (χ0) is 26.0. The Morgan fingerprint density at radius 3 is 2.46 bits per heavy atom. The zero-order valence-corrected chi connectivity index (χ0v) is 20.7. The van der Waals surface area contributed by atoms with E-state index in [4.69, 9.17) is 9.47 Å². The van der Waals surface area contributed by atoms with E-state index in [1.54, 1.807) is 40.0 Å². The first-order valence-electron chi connectivity index (χ1n) is 11.3. The average Bonchev–Trinajstić information content (AvgIpc) is 3.18. The third-order valence-corrected chi connectivity index (χ3v) is 5.12. The van der Waals surface area contributed by atoms with Gasteiger partial charge in [0, 0.05) is 17.1 Å². The van der Waals surface area contributed by atoms with Crippen molar-refractivity contribution >= 4 is 17.1 Å². The Bertz CT molecular complexity index is 1180. The van der Waals surface area contributed by atoms with Crippen molar-refractivity contribution in [2.75, 3.05) is 6.61 Å². The van der Waals surface area contributed by atoms with Crippen LogP contribution in [0.25, 0.3) is 22.3 Å². The van der Waals surface area contributed by atoms with Crippen LogP contribution in [0.15, 0.2) is 36.8 Å². The predicted molar refractivity (Wildman–Crippen MR) is 127 cm³/mol. The number of amides is 1. The first-order valence-corrected chi connectivity index (χ1v) is 11.3. The number of rotatable bonds is 7. The van der Waals surface area contributed by atoms with E-state index in [0.717, 1.165) is 6.07 Å². The maximum Gasteiger partial charge on any atom is 0.419 e. The zero-order valence-electron chi connectivity index (χ0n) is 20.7. The van der Waals surface area contributed by atoms with Gasteiger partial charge in [-0.05, 0) is 64.3 Å². The number of H-pyrrole nitrogens is 1. The molecule has 0 radical (unpaired) electrons. The van der Waals surface area contributed by atoms with E-state index >= 15 is 0 Å². The molecule has 0 aliphatic heterocycles. The molecule has 2 aromatic heterocycles. The molecule has 2 N–H and O–H groups in total. The van der Waals surface area contributed by atoms with Gasteiger partial charge in [-0.25, -0.2) is 14.8 Å². The molecule has 0 spiro atoms. The molecule has 1 amide bonds. The number of aromatic amines is 1. The Balaban J connectivity index is 1.90. The summed E-state index contributed by atoms with van der Waals surface area (Å²) in [7, 11) is 0. The summed E-state index contributed by atoms with van der Waals surface area (Å²) < 4.78 is 53.1. The Morgan fingerprint density at radius 1 is 1.11 bits per heavy atom. The third kappa shape index (κ3) is 6.86. The second-order valence-electron chi connectivity index (χ2n) is 10.2. The predicted octanol–water partition coefficient (Wildman–Crippen LogP) is 6.35. The van der Waals surface area contributed by atoms with Crippen LogP contribution in [0.5, 0.6) is 5.75 Å². The quantitative estimate of drug-likeness (QED) is 0.401. The van der Waals surface area contributed by atoms with Gasteiger partial charge in [0.2, 0.25) is 0 Å². The molecular formula is C25H31F3N4O3. The molecule has 0 unspecified atom stereocenters. The SMILES string of the molecule is CC(C)C[C@@](C)(COc1ccc(-c2ncnc3[nH]ccc23)cc1C(F)(F)F)NC(=O)OC(C)(C)C. The monoisotopic (exact) mass is 492 g/mol. The first kappa shape index (κ1) is 26.3. The molecule has 0 aliphatic carbocycles. The fraction of sp³-hybridized carbons (Fsp3) is 0.480. The van der Waals surface area contributed by atoms with Gasteiger partial charge in [-0.3, -0.25) is 0 Å². The number of nitrogens with zero attached hydrogens (tertiary/aromatic N) is 2. The molecule has 0 bridgehead atoms. The number of carbonyl (C=O) groups excluding carboxylic acids is 1. The second-order valence-corrected chi connectivity index (χ2v) is 10.2. The number of hydrogen-bond acceptors (Lipinski definition) is 5. The highest BCUT2D eigenvalue weighted by Crippen LogP contribution is 2.39. The van der Waals surface area contributed by atoms with Crippen molar-refractivity contribution in [3.05, 3.63) is 42.4 Å². The van der Waals surface area contributed by atoms with Crippen molar-refractivity contribution in [1.29, 1.82) is 0 Å². The van der Waals surface area contributed by atoms with Gasteiger partial charge in [-0.1, -0.05) is 13.8 Å². The summed E-state index contributed by atoms with van der Waals surface area (Å²) in [6.45, 7) is 10.7. The van der Waals surface area contributed by atoms with E-state index in [2.05, 4.69) is 20.3 Å². The van der Waals surface area contributed by atoms with Crippen LogP contribution in [0, 0.1) is 5.92 Å². The minimum Gasteiger partial charge on any atom is -0.491 e. The van der Waals surface area contributed by atoms with Crippen molar-refractivity contribution in [2.24, 2.45) is 5.92 Å². The minimum atomic E-state index is -4.66. The number of aromatic nitrogens is 3. The van der Waals surface area contributed by atoms with Gasteiger partial charge in [-0.2, -0.15) is 13.2 Å². The summed E-state index contributed by atoms with van der Waals surface area (Å²) >= 11 is 0. The lowest BCUT2D eigenvalue weighted by atomic mass is 9.91. The van der Waals surface area contributed by atoms with E-state index in [1.165, 1.54) is 18.5 Å². The molecule has 0 fully saturated rings. The standard InChI is InChI=1S/C25H31F3N4O3/c1-15(2)12-24(6,32-22(33)35-23(3,4)5)13-34-19-8-7-16(11-18(19)25(26,27)28)20-17-9-10-29-21(17)31-14-30-20/h7-11,14-15H,12-13H2,1-6H3,(H,32,33)(H,29,30,31)/t24-/m0/s1. The lowest BCUT2D eigenvalue weighted by molar-refractivity contribution is -0.139. The summed E-state index contributed by atoms with van der Waals surface area (Å²) in [5.41, 5.74) is -1.40. The number of halogens is 3. The summed E-state index contributed by atoms with van der Waals surface area (Å²) in [4.78, 5) is 23.6. The maximum absolute atomic E-state index is 14.0. The molecule has 0 saturated heterocycles. The van der Waals surface area contributed by atoms with E-state index in [-0.39, 0.29) is 23.8 Å². The lowest BCUT2D eigenvalue weighted by Gasteiger charge is -2.33. The average molecular weight is 493 g/mol. The normalized spacial score (nSPS) is 14.1. The number of carbonyl (C=O) groups is 1. The molecule has 35 heavy (non-hydrogen) atoms. The minimum absolute atomic E-state index is 0.143. The molecule has 1 aromatic carbocycles. The molecule has 0 saturated carbocycles. The van der Waals surface area contributed by atoms with Crippen molar-refractivity contribution in [3.63, 3.8) is 0 Å². The summed E-state index contributed by atoms with van der Waals surface area (Å²) in [6, 6.07) is 5.54. The first-order chi connectivity index (χ1) is 16.2. The third-order valence-electron chi connectivity index (χ3n) is 5.12. The van der Waals surface area contributed by atoms with E-state index in [9.17, 15) is 18.0 Å². The highest BCUT2D eigenvalue weighted by atomic mass is 19.4. The Hall–Kier alpha value is -3.30. The smallest absolute Gasteiger partial charge is 0.419 e. The molecule has 7 nitrogen and oxygen atoms in total. The number of fused-ring (bicyclic) bond motifs is 1. The van der Waals surface area contributed by atoms with Crippen molar-refractivity contribution in [1.82, 2.24) is 20.3 Å². The van der Waals surface area contributed by atoms with Gasteiger partial charge in [0.25, 0.3) is 0 Å². The molecule has 190 valence electrons. The number of alkyl halides is 3. The lowest BCUT2D eigenvalue weighted by Crippen LogP contribution is -2.52. The van der Waals surface area contributed by atoms with Gasteiger partial charge in [-0.15, -0.1) is 0 Å². The van der Waals surface area contributed by atoms with Crippen LogP contribution in [-0.4, -0.2) is 38.8 Å². The topological polar surface area (TPSA) is 89.1 Å². The van der Waals surface area contributed by atoms with Crippen LogP contribution in [-0.2, 0) is 10.9 Å². The van der Waals surface area contributed by atoms with Crippen LogP contribution in [0.4, 0.5) is 18.0 Å².